The van der Waals surface area contributed by atoms with Crippen LogP contribution >= 0.6 is 11.3 Å². The normalized spacial score (nSPS) is 17.7. The van der Waals surface area contributed by atoms with Gasteiger partial charge in [0, 0.05) is 31.6 Å². The van der Waals surface area contributed by atoms with E-state index in [0.29, 0.717) is 0 Å². The van der Waals surface area contributed by atoms with Gasteiger partial charge >= 0.3 is 0 Å². The summed E-state index contributed by atoms with van der Waals surface area (Å²) >= 11 is 1.73. The third-order valence-corrected chi connectivity index (χ3v) is 5.43. The number of oxazole rings is 1. The van der Waals surface area contributed by atoms with Crippen LogP contribution in [0.5, 0.6) is 0 Å². The van der Waals surface area contributed by atoms with Gasteiger partial charge in [-0.05, 0) is 26.0 Å². The Hall–Kier alpha value is -1.92. The molecule has 0 saturated carbocycles. The van der Waals surface area contributed by atoms with Gasteiger partial charge in [0.25, 0.3) is 0 Å². The van der Waals surface area contributed by atoms with Gasteiger partial charge in [0.05, 0.1) is 11.7 Å². The van der Waals surface area contributed by atoms with E-state index in [1.807, 2.05) is 31.2 Å². The summed E-state index contributed by atoms with van der Waals surface area (Å²) in [7, 11) is 0. The summed E-state index contributed by atoms with van der Waals surface area (Å²) < 4.78 is 5.92. The summed E-state index contributed by atoms with van der Waals surface area (Å²) in [5.74, 6) is 0.810. The molecule has 0 radical (unpaired) electrons. The molecule has 1 aliphatic rings. The highest BCUT2D eigenvalue weighted by Gasteiger charge is 2.26. The molecule has 0 aliphatic carbocycles. The lowest BCUT2D eigenvalue weighted by atomic mass is 10.2. The second kappa shape index (κ2) is 5.94. The minimum absolute atomic E-state index is 0.197. The van der Waals surface area contributed by atoms with Crippen molar-refractivity contribution in [1.82, 2.24) is 14.9 Å². The maximum absolute atomic E-state index is 5.92. The predicted octanol–water partition coefficient (Wildman–Crippen LogP) is 3.48. The lowest BCUT2D eigenvalue weighted by molar-refractivity contribution is 0.175. The minimum atomic E-state index is 0.197. The van der Waals surface area contributed by atoms with Crippen molar-refractivity contribution in [3.05, 3.63) is 41.2 Å². The standard InChI is InChI=1S/C17H20N4OS/c1-12-11-23-17(18-12)21-9-7-20(8-10-21)13(2)16-19-14-5-3-4-6-15(14)22-16/h3-6,11,13H,7-10H2,1-2H3. The molecule has 1 fully saturated rings. The first-order chi connectivity index (χ1) is 11.2. The number of nitrogens with zero attached hydrogens (tertiary/aromatic N) is 4. The Kier molecular flexibility index (Phi) is 3.79. The fourth-order valence-corrected chi connectivity index (χ4v) is 3.87. The molecule has 2 aromatic heterocycles. The zero-order valence-electron chi connectivity index (χ0n) is 13.4. The minimum Gasteiger partial charge on any atom is -0.439 e. The van der Waals surface area contributed by atoms with E-state index < -0.39 is 0 Å². The molecular weight excluding hydrogens is 308 g/mol. The molecule has 0 N–H and O–H groups in total. The average molecular weight is 328 g/mol. The number of para-hydroxylation sites is 2. The summed E-state index contributed by atoms with van der Waals surface area (Å²) in [6, 6.07) is 8.15. The molecule has 5 nitrogen and oxygen atoms in total. The van der Waals surface area contributed by atoms with Crippen LogP contribution < -0.4 is 4.90 Å². The van der Waals surface area contributed by atoms with Gasteiger partial charge in [-0.2, -0.15) is 0 Å². The highest BCUT2D eigenvalue weighted by atomic mass is 32.1. The van der Waals surface area contributed by atoms with Crippen molar-refractivity contribution in [3.63, 3.8) is 0 Å². The Morgan fingerprint density at radius 3 is 2.61 bits per heavy atom. The van der Waals surface area contributed by atoms with Crippen molar-refractivity contribution in [2.75, 3.05) is 31.1 Å². The van der Waals surface area contributed by atoms with Crippen molar-refractivity contribution >= 4 is 27.6 Å². The second-order valence-corrected chi connectivity index (χ2v) is 6.83. The van der Waals surface area contributed by atoms with E-state index >= 15 is 0 Å². The van der Waals surface area contributed by atoms with Crippen LogP contribution in [-0.2, 0) is 0 Å². The Labute approximate surface area is 139 Å². The molecule has 1 saturated heterocycles. The molecule has 3 heterocycles. The van der Waals surface area contributed by atoms with Gasteiger partial charge in [0.2, 0.25) is 5.89 Å². The van der Waals surface area contributed by atoms with E-state index in [-0.39, 0.29) is 6.04 Å². The zero-order chi connectivity index (χ0) is 15.8. The average Bonchev–Trinajstić information content (AvgIpc) is 3.20. The Balaban J connectivity index is 1.45. The van der Waals surface area contributed by atoms with Gasteiger partial charge in [-0.1, -0.05) is 12.1 Å². The van der Waals surface area contributed by atoms with E-state index in [1.54, 1.807) is 11.3 Å². The SMILES string of the molecule is Cc1csc(N2CCN(C(C)c3nc4ccccc4o3)CC2)n1. The van der Waals surface area contributed by atoms with Crippen molar-refractivity contribution in [2.45, 2.75) is 19.9 Å². The molecular formula is C17H20N4OS. The number of benzene rings is 1. The van der Waals surface area contributed by atoms with Gasteiger partial charge < -0.3 is 9.32 Å². The van der Waals surface area contributed by atoms with Crippen LogP contribution in [0.3, 0.4) is 0 Å². The number of thiazole rings is 1. The van der Waals surface area contributed by atoms with Crippen LogP contribution in [0, 0.1) is 6.92 Å². The summed E-state index contributed by atoms with van der Waals surface area (Å²) in [5.41, 5.74) is 2.91. The van der Waals surface area contributed by atoms with E-state index in [1.165, 1.54) is 0 Å². The predicted molar refractivity (Wildman–Crippen MR) is 93.1 cm³/mol. The molecule has 1 unspecified atom stereocenters. The first-order valence-corrected chi connectivity index (χ1v) is 8.85. The monoisotopic (exact) mass is 328 g/mol. The van der Waals surface area contributed by atoms with E-state index in [0.717, 1.165) is 54.0 Å². The first-order valence-electron chi connectivity index (χ1n) is 7.97. The van der Waals surface area contributed by atoms with Gasteiger partial charge in [0.15, 0.2) is 10.7 Å². The highest BCUT2D eigenvalue weighted by molar-refractivity contribution is 7.13. The van der Waals surface area contributed by atoms with Crippen molar-refractivity contribution in [3.8, 4) is 0 Å². The van der Waals surface area contributed by atoms with Crippen LogP contribution in [0.1, 0.15) is 24.6 Å². The van der Waals surface area contributed by atoms with Crippen LogP contribution in [0.2, 0.25) is 0 Å². The molecule has 0 spiro atoms. The number of rotatable bonds is 3. The molecule has 0 bridgehead atoms. The van der Waals surface area contributed by atoms with Gasteiger partial charge in [-0.3, -0.25) is 4.90 Å². The van der Waals surface area contributed by atoms with Gasteiger partial charge in [-0.15, -0.1) is 11.3 Å². The molecule has 1 aliphatic heterocycles. The second-order valence-electron chi connectivity index (χ2n) is 5.99. The van der Waals surface area contributed by atoms with Crippen molar-refractivity contribution < 1.29 is 4.42 Å². The lowest BCUT2D eigenvalue weighted by Gasteiger charge is -2.36. The van der Waals surface area contributed by atoms with Crippen molar-refractivity contribution in [2.24, 2.45) is 0 Å². The number of fused-ring (bicyclic) bond motifs is 1. The van der Waals surface area contributed by atoms with Crippen LogP contribution in [-0.4, -0.2) is 41.0 Å². The van der Waals surface area contributed by atoms with Crippen LogP contribution in [0.4, 0.5) is 5.13 Å². The molecule has 1 aromatic carbocycles. The van der Waals surface area contributed by atoms with E-state index in [9.17, 15) is 0 Å². The number of hydrogen-bond acceptors (Lipinski definition) is 6. The van der Waals surface area contributed by atoms with E-state index in [2.05, 4.69) is 32.1 Å². The number of aromatic nitrogens is 2. The number of piperazine rings is 1. The molecule has 0 amide bonds. The Morgan fingerprint density at radius 1 is 1.13 bits per heavy atom. The van der Waals surface area contributed by atoms with Gasteiger partial charge in [-0.25, -0.2) is 9.97 Å². The maximum atomic E-state index is 5.92. The summed E-state index contributed by atoms with van der Waals surface area (Å²) in [6.45, 7) is 8.21. The third kappa shape index (κ3) is 2.84. The first kappa shape index (κ1) is 14.7. The third-order valence-electron chi connectivity index (χ3n) is 4.41. The quantitative estimate of drug-likeness (QED) is 0.736. The van der Waals surface area contributed by atoms with Crippen LogP contribution in [0.25, 0.3) is 11.1 Å². The molecule has 4 rings (SSSR count). The molecule has 6 heteroatoms. The lowest BCUT2D eigenvalue weighted by Crippen LogP contribution is -2.47. The maximum Gasteiger partial charge on any atom is 0.212 e. The van der Waals surface area contributed by atoms with Crippen LogP contribution in [0.15, 0.2) is 34.1 Å². The number of hydrogen-bond donors (Lipinski definition) is 0. The van der Waals surface area contributed by atoms with E-state index in [4.69, 9.17) is 4.42 Å². The molecule has 3 aromatic rings. The van der Waals surface area contributed by atoms with Gasteiger partial charge in [0.1, 0.15) is 5.52 Å². The smallest absolute Gasteiger partial charge is 0.212 e. The Morgan fingerprint density at radius 2 is 1.91 bits per heavy atom. The fraction of sp³-hybridized carbons (Fsp3) is 0.412. The Bertz CT molecular complexity index is 771. The zero-order valence-corrected chi connectivity index (χ0v) is 14.2. The molecule has 120 valence electrons. The summed E-state index contributed by atoms with van der Waals surface area (Å²) in [6.07, 6.45) is 0. The van der Waals surface area contributed by atoms with Crippen molar-refractivity contribution in [1.29, 1.82) is 0 Å². The topological polar surface area (TPSA) is 45.4 Å². The number of aryl methyl sites for hydroxylation is 1. The molecule has 23 heavy (non-hydrogen) atoms. The molecule has 1 atom stereocenters. The highest BCUT2D eigenvalue weighted by Crippen LogP contribution is 2.27. The largest absolute Gasteiger partial charge is 0.439 e. The number of anilines is 1. The summed E-state index contributed by atoms with van der Waals surface area (Å²) in [4.78, 5) is 14.0. The summed E-state index contributed by atoms with van der Waals surface area (Å²) in [5, 5.41) is 3.25. The fourth-order valence-electron chi connectivity index (χ4n) is 3.01.